The summed E-state index contributed by atoms with van der Waals surface area (Å²) in [6.07, 6.45) is 12.6. The number of methoxy groups -OCH3 is 1. The molecule has 3 aliphatic rings. The Balaban J connectivity index is 1.30. The molecule has 1 heterocycles. The zero-order valence-corrected chi connectivity index (χ0v) is 20.8. The van der Waals surface area contributed by atoms with Gasteiger partial charge in [-0.15, -0.1) is 0 Å². The number of hydrogen-bond acceptors (Lipinski definition) is 4. The minimum absolute atomic E-state index is 0.0264. The molecule has 0 spiro atoms. The van der Waals surface area contributed by atoms with Gasteiger partial charge in [-0.2, -0.15) is 0 Å². The molecule has 6 heteroatoms. The monoisotopic (exact) mass is 470 g/mol. The molecule has 3 fully saturated rings. The van der Waals surface area contributed by atoms with Crippen LogP contribution in [0.3, 0.4) is 0 Å². The van der Waals surface area contributed by atoms with E-state index in [9.17, 15) is 9.59 Å². The Labute approximate surface area is 204 Å². The van der Waals surface area contributed by atoms with Crippen molar-refractivity contribution in [2.75, 3.05) is 20.3 Å². The van der Waals surface area contributed by atoms with Crippen LogP contribution in [0.2, 0.25) is 0 Å². The van der Waals surface area contributed by atoms with Gasteiger partial charge in [0.1, 0.15) is 5.75 Å². The molecule has 188 valence electrons. The standard InChI is InChI=1S/C28H42N2O4/c1-33-25-10-5-9-22(17-25)19-30(20-26-11-6-16-34-26)28(32)23-12-14-24(15-13-23)29-27(31)18-21-7-3-2-4-8-21/h5,9-10,17,21,23-24,26H,2-4,6-8,11-16,18-20H2,1H3,(H,29,31). The van der Waals surface area contributed by atoms with Crippen molar-refractivity contribution in [1.29, 1.82) is 0 Å². The van der Waals surface area contributed by atoms with Crippen LogP contribution < -0.4 is 10.1 Å². The molecule has 4 rings (SSSR count). The lowest BCUT2D eigenvalue weighted by Gasteiger charge is -2.34. The first-order chi connectivity index (χ1) is 16.6. The maximum Gasteiger partial charge on any atom is 0.226 e. The van der Waals surface area contributed by atoms with Crippen molar-refractivity contribution < 1.29 is 19.1 Å². The van der Waals surface area contributed by atoms with E-state index in [1.54, 1.807) is 7.11 Å². The molecule has 1 unspecified atom stereocenters. The lowest BCUT2D eigenvalue weighted by atomic mass is 9.84. The Morgan fingerprint density at radius 2 is 1.82 bits per heavy atom. The third kappa shape index (κ3) is 7.21. The van der Waals surface area contributed by atoms with Crippen LogP contribution in [0, 0.1) is 11.8 Å². The number of amides is 2. The highest BCUT2D eigenvalue weighted by atomic mass is 16.5. The van der Waals surface area contributed by atoms with Crippen LogP contribution in [0.15, 0.2) is 24.3 Å². The number of ether oxygens (including phenoxy) is 2. The summed E-state index contributed by atoms with van der Waals surface area (Å²) in [5, 5.41) is 3.27. The molecule has 1 N–H and O–H groups in total. The van der Waals surface area contributed by atoms with Crippen LogP contribution in [0.4, 0.5) is 0 Å². The molecule has 0 radical (unpaired) electrons. The van der Waals surface area contributed by atoms with Crippen LogP contribution in [0.1, 0.15) is 82.6 Å². The fourth-order valence-corrected chi connectivity index (χ4v) is 5.94. The molecule has 1 atom stereocenters. The van der Waals surface area contributed by atoms with Crippen molar-refractivity contribution in [2.24, 2.45) is 11.8 Å². The lowest BCUT2D eigenvalue weighted by molar-refractivity contribution is -0.139. The fraction of sp³-hybridized carbons (Fsp3) is 0.714. The van der Waals surface area contributed by atoms with E-state index in [1.807, 2.05) is 23.1 Å². The van der Waals surface area contributed by atoms with Gasteiger partial charge in [0.05, 0.1) is 13.2 Å². The second-order valence-electron chi connectivity index (χ2n) is 10.5. The van der Waals surface area contributed by atoms with Crippen molar-refractivity contribution in [2.45, 2.75) is 95.7 Å². The van der Waals surface area contributed by atoms with Crippen LogP contribution >= 0.6 is 0 Å². The number of rotatable bonds is 9. The van der Waals surface area contributed by atoms with Crippen LogP contribution in [-0.4, -0.2) is 49.1 Å². The van der Waals surface area contributed by atoms with E-state index in [0.717, 1.165) is 56.4 Å². The lowest BCUT2D eigenvalue weighted by Crippen LogP contribution is -2.44. The van der Waals surface area contributed by atoms with Gasteiger partial charge < -0.3 is 19.7 Å². The van der Waals surface area contributed by atoms with Gasteiger partial charge in [0.15, 0.2) is 0 Å². The summed E-state index contributed by atoms with van der Waals surface area (Å²) in [5.41, 5.74) is 1.08. The van der Waals surface area contributed by atoms with E-state index in [0.29, 0.717) is 25.4 Å². The number of carbonyl (C=O) groups is 2. The predicted molar refractivity (Wildman–Crippen MR) is 132 cm³/mol. The van der Waals surface area contributed by atoms with E-state index in [1.165, 1.54) is 32.1 Å². The number of benzene rings is 1. The van der Waals surface area contributed by atoms with Gasteiger partial charge in [0.25, 0.3) is 0 Å². The number of nitrogens with one attached hydrogen (secondary N) is 1. The number of hydrogen-bond donors (Lipinski definition) is 1. The summed E-state index contributed by atoms with van der Waals surface area (Å²) >= 11 is 0. The predicted octanol–water partition coefficient (Wildman–Crippen LogP) is 4.85. The molecule has 6 nitrogen and oxygen atoms in total. The Hall–Kier alpha value is -2.08. The van der Waals surface area contributed by atoms with E-state index in [4.69, 9.17) is 9.47 Å². The summed E-state index contributed by atoms with van der Waals surface area (Å²) in [6.45, 7) is 2.01. The van der Waals surface area contributed by atoms with Crippen LogP contribution in [0.5, 0.6) is 5.75 Å². The van der Waals surface area contributed by atoms with Crippen LogP contribution in [-0.2, 0) is 20.9 Å². The van der Waals surface area contributed by atoms with Crippen molar-refractivity contribution >= 4 is 11.8 Å². The molecule has 2 amide bonds. The van der Waals surface area contributed by atoms with Crippen molar-refractivity contribution in [3.05, 3.63) is 29.8 Å². The van der Waals surface area contributed by atoms with Gasteiger partial charge in [-0.05, 0) is 75.0 Å². The molecule has 2 saturated carbocycles. The summed E-state index contributed by atoms with van der Waals surface area (Å²) in [4.78, 5) is 28.1. The SMILES string of the molecule is COc1cccc(CN(CC2CCCO2)C(=O)C2CCC(NC(=O)CC3CCCCC3)CC2)c1. The third-order valence-corrected chi connectivity index (χ3v) is 7.91. The minimum Gasteiger partial charge on any atom is -0.497 e. The third-order valence-electron chi connectivity index (χ3n) is 7.91. The Morgan fingerprint density at radius 1 is 1.03 bits per heavy atom. The van der Waals surface area contributed by atoms with Crippen LogP contribution in [0.25, 0.3) is 0 Å². The highest BCUT2D eigenvalue weighted by molar-refractivity contribution is 5.79. The summed E-state index contributed by atoms with van der Waals surface area (Å²) in [5.74, 6) is 1.84. The molecular weight excluding hydrogens is 428 g/mol. The molecular formula is C28H42N2O4. The second kappa shape index (κ2) is 12.6. The second-order valence-corrected chi connectivity index (χ2v) is 10.5. The smallest absolute Gasteiger partial charge is 0.226 e. The summed E-state index contributed by atoms with van der Waals surface area (Å²) in [7, 11) is 1.67. The van der Waals surface area contributed by atoms with Crippen molar-refractivity contribution in [3.63, 3.8) is 0 Å². The molecule has 0 aromatic heterocycles. The normalized spacial score (nSPS) is 25.6. The number of carbonyl (C=O) groups excluding carboxylic acids is 2. The molecule has 2 aliphatic carbocycles. The topological polar surface area (TPSA) is 67.9 Å². The van der Waals surface area contributed by atoms with Crippen molar-refractivity contribution in [1.82, 2.24) is 10.2 Å². The molecule has 1 saturated heterocycles. The Kier molecular flexibility index (Phi) is 9.25. The van der Waals surface area contributed by atoms with E-state index < -0.39 is 0 Å². The van der Waals surface area contributed by atoms with Gasteiger partial charge in [-0.25, -0.2) is 0 Å². The average Bonchev–Trinajstić information content (AvgIpc) is 3.37. The summed E-state index contributed by atoms with van der Waals surface area (Å²) < 4.78 is 11.2. The van der Waals surface area contributed by atoms with Gasteiger partial charge in [-0.3, -0.25) is 9.59 Å². The first kappa shape index (κ1) is 25.0. The van der Waals surface area contributed by atoms with Gasteiger partial charge in [-0.1, -0.05) is 31.4 Å². The molecule has 0 bridgehead atoms. The van der Waals surface area contributed by atoms with E-state index in [-0.39, 0.29) is 29.9 Å². The average molecular weight is 471 g/mol. The van der Waals surface area contributed by atoms with Gasteiger partial charge in [0, 0.05) is 38.1 Å². The first-order valence-electron chi connectivity index (χ1n) is 13.4. The molecule has 1 aromatic carbocycles. The van der Waals surface area contributed by atoms with Crippen molar-refractivity contribution in [3.8, 4) is 5.75 Å². The molecule has 1 aliphatic heterocycles. The Morgan fingerprint density at radius 3 is 2.53 bits per heavy atom. The Bertz CT molecular complexity index is 793. The highest BCUT2D eigenvalue weighted by Gasteiger charge is 2.32. The zero-order chi connectivity index (χ0) is 23.8. The van der Waals surface area contributed by atoms with E-state index >= 15 is 0 Å². The maximum absolute atomic E-state index is 13.6. The largest absolute Gasteiger partial charge is 0.497 e. The molecule has 34 heavy (non-hydrogen) atoms. The summed E-state index contributed by atoms with van der Waals surface area (Å²) in [6, 6.07) is 8.18. The number of nitrogens with zero attached hydrogens (tertiary/aromatic N) is 1. The first-order valence-corrected chi connectivity index (χ1v) is 13.4. The minimum atomic E-state index is 0.0264. The zero-order valence-electron chi connectivity index (χ0n) is 20.8. The van der Waals surface area contributed by atoms with Gasteiger partial charge >= 0.3 is 0 Å². The highest BCUT2D eigenvalue weighted by Crippen LogP contribution is 2.29. The maximum atomic E-state index is 13.6. The van der Waals surface area contributed by atoms with Gasteiger partial charge in [0.2, 0.25) is 11.8 Å². The quantitative estimate of drug-likeness (QED) is 0.560. The molecule has 1 aromatic rings. The fourth-order valence-electron chi connectivity index (χ4n) is 5.94. The van der Waals surface area contributed by atoms with E-state index in [2.05, 4.69) is 11.4 Å².